The Hall–Kier alpha value is -3.25. The van der Waals surface area contributed by atoms with E-state index < -0.39 is 75.0 Å². The second-order valence-electron chi connectivity index (χ2n) is 9.55. The highest BCUT2D eigenvalue weighted by Crippen LogP contribution is 2.57. The zero-order valence-corrected chi connectivity index (χ0v) is 21.4. The minimum absolute atomic E-state index is 0.0348. The van der Waals surface area contributed by atoms with Gasteiger partial charge in [0, 0.05) is 12.4 Å². The van der Waals surface area contributed by atoms with E-state index in [0.29, 0.717) is 11.0 Å². The number of rotatable bonds is 7. The van der Waals surface area contributed by atoms with Gasteiger partial charge in [0.25, 0.3) is 5.56 Å². The summed E-state index contributed by atoms with van der Waals surface area (Å²) in [7, 11) is -4.80. The average molecular weight is 579 g/mol. The standard InChI is InChI=1S/C22H26N7O10P/c23-18-9-2-4-28(19(9)26-7-25-18)21-16(33)14(31)12(39-21)6-37-40(35,36)17-15(32)11(5-30)38-22(17)29-8-27-13-10(29)1-3-24-20(13)34/h1-4,7-8,11-12,14-17,21-22,30-33H,5-6H2,(H,24,34)(H,35,36)(H2,23,25,26)/t11-,12-,14-,15-,16-,17-,21-,22-/m1/s1. The van der Waals surface area contributed by atoms with E-state index in [-0.39, 0.29) is 16.9 Å². The molecule has 2 saturated heterocycles. The second-order valence-corrected chi connectivity index (χ2v) is 11.5. The van der Waals surface area contributed by atoms with Crippen LogP contribution in [0.4, 0.5) is 5.82 Å². The second kappa shape index (κ2) is 9.99. The number of H-pyrrole nitrogens is 1. The van der Waals surface area contributed by atoms with E-state index in [1.54, 1.807) is 12.3 Å². The number of nitrogens with two attached hydrogens (primary N) is 1. The first-order valence-electron chi connectivity index (χ1n) is 12.2. The normalized spacial score (nSPS) is 32.2. The Labute approximate surface area is 223 Å². The molecule has 8 N–H and O–H groups in total. The van der Waals surface area contributed by atoms with Gasteiger partial charge in [0.2, 0.25) is 0 Å². The number of aliphatic hydroxyl groups excluding tert-OH is 4. The highest BCUT2D eigenvalue weighted by atomic mass is 31.2. The third-order valence-electron chi connectivity index (χ3n) is 7.25. The number of nitrogen functional groups attached to an aromatic ring is 1. The summed E-state index contributed by atoms with van der Waals surface area (Å²) in [6.45, 7) is -1.32. The number of nitrogens with one attached hydrogen (secondary N) is 1. The highest BCUT2D eigenvalue weighted by molar-refractivity contribution is 7.53. The monoisotopic (exact) mass is 579 g/mol. The number of aromatic nitrogens is 6. The summed E-state index contributed by atoms with van der Waals surface area (Å²) in [5, 5.41) is 42.3. The van der Waals surface area contributed by atoms with Gasteiger partial charge in [0.05, 0.1) is 30.4 Å². The van der Waals surface area contributed by atoms with Gasteiger partial charge in [-0.05, 0) is 12.1 Å². The van der Waals surface area contributed by atoms with E-state index in [2.05, 4.69) is 19.9 Å². The van der Waals surface area contributed by atoms with Gasteiger partial charge >= 0.3 is 7.60 Å². The predicted molar refractivity (Wildman–Crippen MR) is 135 cm³/mol. The predicted octanol–water partition coefficient (Wildman–Crippen LogP) is -1.81. The molecule has 2 aliphatic heterocycles. The summed E-state index contributed by atoms with van der Waals surface area (Å²) >= 11 is 0. The summed E-state index contributed by atoms with van der Waals surface area (Å²) in [4.78, 5) is 37.7. The Bertz CT molecular complexity index is 1660. The van der Waals surface area contributed by atoms with Gasteiger partial charge in [-0.2, -0.15) is 0 Å². The lowest BCUT2D eigenvalue weighted by Gasteiger charge is -2.27. The average Bonchev–Trinajstić information content (AvgIpc) is 3.68. The van der Waals surface area contributed by atoms with Crippen molar-refractivity contribution >= 4 is 35.5 Å². The van der Waals surface area contributed by atoms with Crippen molar-refractivity contribution in [2.75, 3.05) is 18.9 Å². The van der Waals surface area contributed by atoms with Crippen LogP contribution in [0, 0.1) is 0 Å². The van der Waals surface area contributed by atoms with E-state index in [1.165, 1.54) is 34.1 Å². The number of aliphatic hydroxyl groups is 4. The number of anilines is 1. The quantitative estimate of drug-likeness (QED) is 0.119. The lowest BCUT2D eigenvalue weighted by Crippen LogP contribution is -2.36. The SMILES string of the molecule is Nc1ncnc2c1ccn2[C@@H]1O[C@H](COP(=O)(O)[C@@H]2[C@H](O)[C@@H](CO)O[C@H]2n2cnc3c(=O)[nH]ccc32)[C@@H](O)[C@H]1O. The topological polar surface area (TPSA) is 253 Å². The fourth-order valence-corrected chi connectivity index (χ4v) is 6.85. The summed E-state index contributed by atoms with van der Waals surface area (Å²) in [6.07, 6.45) is -4.24. The maximum atomic E-state index is 13.5. The molecular weight excluding hydrogens is 553 g/mol. The van der Waals surface area contributed by atoms with Crippen LogP contribution in [0.15, 0.2) is 42.0 Å². The summed E-state index contributed by atoms with van der Waals surface area (Å²) in [5.41, 5.74) is 4.38. The molecule has 1 unspecified atom stereocenters. The molecule has 40 heavy (non-hydrogen) atoms. The van der Waals surface area contributed by atoms with Crippen molar-refractivity contribution in [3.63, 3.8) is 0 Å². The lowest BCUT2D eigenvalue weighted by molar-refractivity contribution is -0.0494. The van der Waals surface area contributed by atoms with Crippen molar-refractivity contribution in [3.8, 4) is 0 Å². The maximum Gasteiger partial charge on any atom is 0.338 e. The number of nitrogens with zero attached hydrogens (tertiary/aromatic N) is 5. The van der Waals surface area contributed by atoms with Crippen LogP contribution in [0.3, 0.4) is 0 Å². The van der Waals surface area contributed by atoms with Crippen LogP contribution >= 0.6 is 7.60 Å². The number of hydrogen-bond donors (Lipinski definition) is 7. The molecule has 4 aromatic rings. The third-order valence-corrected chi connectivity index (χ3v) is 9.08. The van der Waals surface area contributed by atoms with Crippen LogP contribution in [0.1, 0.15) is 12.5 Å². The van der Waals surface area contributed by atoms with E-state index in [9.17, 15) is 34.7 Å². The van der Waals surface area contributed by atoms with E-state index in [1.807, 2.05) is 0 Å². The molecule has 6 heterocycles. The Morgan fingerprint density at radius 3 is 2.60 bits per heavy atom. The number of hydrogen-bond acceptors (Lipinski definition) is 13. The van der Waals surface area contributed by atoms with Crippen LogP contribution in [-0.4, -0.2) is 104 Å². The molecule has 0 amide bonds. The molecule has 2 fully saturated rings. The molecule has 9 atom stereocenters. The zero-order valence-electron chi connectivity index (χ0n) is 20.5. The minimum atomic E-state index is -4.80. The molecule has 0 bridgehead atoms. The first-order valence-corrected chi connectivity index (χ1v) is 13.8. The van der Waals surface area contributed by atoms with E-state index >= 15 is 0 Å². The summed E-state index contributed by atoms with van der Waals surface area (Å²) < 4.78 is 33.1. The molecule has 0 saturated carbocycles. The molecule has 2 aliphatic rings. The van der Waals surface area contributed by atoms with Gasteiger partial charge in [0.15, 0.2) is 18.0 Å². The number of imidazole rings is 1. The van der Waals surface area contributed by atoms with E-state index in [4.69, 9.17) is 19.7 Å². The largest absolute Gasteiger partial charge is 0.394 e. The van der Waals surface area contributed by atoms with Gasteiger partial charge in [-0.3, -0.25) is 9.36 Å². The molecule has 0 radical (unpaired) electrons. The molecular formula is C22H26N7O10P. The summed E-state index contributed by atoms with van der Waals surface area (Å²) in [6, 6.07) is 3.12. The molecule has 18 heteroatoms. The van der Waals surface area contributed by atoms with Crippen molar-refractivity contribution in [1.29, 1.82) is 0 Å². The molecule has 6 rings (SSSR count). The van der Waals surface area contributed by atoms with Gasteiger partial charge in [-0.15, -0.1) is 0 Å². The van der Waals surface area contributed by atoms with Crippen molar-refractivity contribution in [2.45, 2.75) is 48.6 Å². The van der Waals surface area contributed by atoms with Gasteiger partial charge in [-0.25, -0.2) is 15.0 Å². The Morgan fingerprint density at radius 2 is 1.82 bits per heavy atom. The Morgan fingerprint density at radius 1 is 1.05 bits per heavy atom. The Kier molecular flexibility index (Phi) is 6.73. The maximum absolute atomic E-state index is 13.5. The number of pyridine rings is 1. The number of fused-ring (bicyclic) bond motifs is 2. The molecule has 214 valence electrons. The zero-order chi connectivity index (χ0) is 28.3. The minimum Gasteiger partial charge on any atom is -0.394 e. The molecule has 0 aliphatic carbocycles. The highest BCUT2D eigenvalue weighted by Gasteiger charge is 2.55. The van der Waals surface area contributed by atoms with Crippen molar-refractivity contribution < 1.29 is 43.9 Å². The van der Waals surface area contributed by atoms with Crippen LogP contribution in [0.25, 0.3) is 22.1 Å². The molecule has 0 aromatic carbocycles. The van der Waals surface area contributed by atoms with Crippen molar-refractivity contribution in [1.82, 2.24) is 29.1 Å². The summed E-state index contributed by atoms with van der Waals surface area (Å²) in [5.74, 6) is 0.209. The first kappa shape index (κ1) is 26.9. The molecule has 17 nitrogen and oxygen atoms in total. The van der Waals surface area contributed by atoms with Gasteiger partial charge < -0.3 is 59.2 Å². The van der Waals surface area contributed by atoms with Crippen LogP contribution in [0.5, 0.6) is 0 Å². The number of aromatic amines is 1. The van der Waals surface area contributed by atoms with E-state index in [0.717, 1.165) is 0 Å². The third kappa shape index (κ3) is 4.23. The Balaban J connectivity index is 1.24. The smallest absolute Gasteiger partial charge is 0.338 e. The van der Waals surface area contributed by atoms with Gasteiger partial charge in [-0.1, -0.05) is 0 Å². The van der Waals surface area contributed by atoms with Crippen LogP contribution in [-0.2, 0) is 18.6 Å². The molecule has 0 spiro atoms. The van der Waals surface area contributed by atoms with Crippen molar-refractivity contribution in [3.05, 3.63) is 47.5 Å². The van der Waals surface area contributed by atoms with Crippen LogP contribution in [0.2, 0.25) is 0 Å². The lowest BCUT2D eigenvalue weighted by atomic mass is 10.1. The number of ether oxygens (including phenoxy) is 2. The van der Waals surface area contributed by atoms with Gasteiger partial charge in [0.1, 0.15) is 54.0 Å². The van der Waals surface area contributed by atoms with Crippen molar-refractivity contribution in [2.24, 2.45) is 0 Å². The fraction of sp³-hybridized carbons (Fsp3) is 0.455. The molecule has 4 aromatic heterocycles. The fourth-order valence-electron chi connectivity index (χ4n) is 5.20. The first-order chi connectivity index (χ1) is 19.1. The van der Waals surface area contributed by atoms with Crippen LogP contribution < -0.4 is 11.3 Å².